The number of halogens is 2. The van der Waals surface area contributed by atoms with E-state index in [1.807, 2.05) is 47.8 Å². The van der Waals surface area contributed by atoms with Crippen LogP contribution in [0, 0.1) is 29.4 Å². The second-order valence-corrected chi connectivity index (χ2v) is 22.9. The lowest BCUT2D eigenvalue weighted by Gasteiger charge is -2.32. The molecule has 89 heavy (non-hydrogen) atoms. The molecular formula is C63H76F2N18O6. The van der Waals surface area contributed by atoms with Gasteiger partial charge in [-0.25, -0.2) is 55.1 Å². The van der Waals surface area contributed by atoms with E-state index >= 15 is 0 Å². The van der Waals surface area contributed by atoms with Crippen molar-refractivity contribution in [3.05, 3.63) is 161 Å². The molecule has 0 aliphatic carbocycles. The second kappa shape index (κ2) is 29.8. The summed E-state index contributed by atoms with van der Waals surface area (Å²) in [5.74, 6) is 1.28. The average molecular weight is 1220 g/mol. The molecule has 12 rings (SSSR count). The molecule has 0 saturated carbocycles. The molecular weight excluding hydrogens is 1140 g/mol. The van der Waals surface area contributed by atoms with Gasteiger partial charge in [0.2, 0.25) is 17.8 Å². The minimum atomic E-state index is -0.627. The van der Waals surface area contributed by atoms with Crippen LogP contribution in [0.1, 0.15) is 86.3 Å². The van der Waals surface area contributed by atoms with Gasteiger partial charge in [0.05, 0.1) is 27.7 Å². The van der Waals surface area contributed by atoms with E-state index in [-0.39, 0.29) is 28.3 Å². The molecule has 3 aromatic carbocycles. The summed E-state index contributed by atoms with van der Waals surface area (Å²) in [5.41, 5.74) is 11.6. The molecule has 0 atom stereocenters. The van der Waals surface area contributed by atoms with Crippen LogP contribution in [-0.2, 0) is 40.8 Å². The summed E-state index contributed by atoms with van der Waals surface area (Å²) in [4.78, 5) is 65.8. The number of carbonyl (C=O) groups excluding carboxylic acids is 3. The third-order valence-corrected chi connectivity index (χ3v) is 17.0. The molecule has 0 spiro atoms. The number of nitrogens with zero attached hydrogens (tertiary/aromatic N) is 12. The van der Waals surface area contributed by atoms with Crippen molar-refractivity contribution in [1.82, 2.24) is 76.0 Å². The molecule has 0 unspecified atom stereocenters. The predicted octanol–water partition coefficient (Wildman–Crippen LogP) is 6.56. The predicted molar refractivity (Wildman–Crippen MR) is 332 cm³/mol. The third kappa shape index (κ3) is 15.4. The quantitative estimate of drug-likeness (QED) is 0.0325. The van der Waals surface area contributed by atoms with Crippen molar-refractivity contribution >= 4 is 68.3 Å². The number of para-hydroxylation sites is 2. The Morgan fingerprint density at radius 3 is 1.25 bits per heavy atom. The first-order chi connectivity index (χ1) is 43.3. The normalized spacial score (nSPS) is 15.0. The molecule has 3 saturated heterocycles. The molecule has 0 radical (unpaired) electrons. The number of nitrogens with one attached hydrogen (secondary N) is 6. The molecule has 3 aliphatic heterocycles. The van der Waals surface area contributed by atoms with Crippen molar-refractivity contribution in [1.29, 1.82) is 0 Å². The maximum atomic E-state index is 14.2. The highest BCUT2D eigenvalue weighted by molar-refractivity contribution is 5.94. The number of hydroxylamine groups is 3. The Labute approximate surface area is 513 Å². The molecule has 3 fully saturated rings. The van der Waals surface area contributed by atoms with Gasteiger partial charge in [-0.1, -0.05) is 36.4 Å². The number of piperidine rings is 3. The Hall–Kier alpha value is -9.05. The standard InChI is InChI=1S/2C21H25FN6O2.C21H26N6O2/c1-27-13-16(19-17(22)3-2-4-18(19)27)10-23-9-14-5-7-28(8-6-14)21-24-11-15(12-25-21)20(29)26-30;1-27-13-16(17-3-2-4-18(22)19(17)27)10-23-9-14-5-7-28(8-6-14)21-24-11-15(12-25-21)20(29)26-30;1-26-14-17(18-4-2-3-5-19(18)26)11-22-10-15-6-8-27(9-7-15)21-23-12-16(13-24-21)20(28)25-29/h2*2-4,11-14,23,30H,5-10H2,1H3,(H,26,29);2-5,12-15,22,29H,6-11H2,1H3,(H,25,28). The smallest absolute Gasteiger partial charge is 0.277 e. The van der Waals surface area contributed by atoms with Crippen molar-refractivity contribution in [3.8, 4) is 0 Å². The van der Waals surface area contributed by atoms with Gasteiger partial charge in [0.25, 0.3) is 17.7 Å². The van der Waals surface area contributed by atoms with E-state index < -0.39 is 17.7 Å². The number of aryl methyl sites for hydroxylation is 3. The summed E-state index contributed by atoms with van der Waals surface area (Å²) in [6.45, 7) is 10.1. The Morgan fingerprint density at radius 2 is 0.798 bits per heavy atom. The van der Waals surface area contributed by atoms with Crippen LogP contribution in [0.3, 0.4) is 0 Å². The number of hydrogen-bond acceptors (Lipinski definition) is 18. The van der Waals surface area contributed by atoms with Gasteiger partial charge in [-0.15, -0.1) is 0 Å². The maximum absolute atomic E-state index is 14.2. The van der Waals surface area contributed by atoms with E-state index in [1.165, 1.54) is 65.8 Å². The van der Waals surface area contributed by atoms with Crippen LogP contribution >= 0.6 is 0 Å². The van der Waals surface area contributed by atoms with E-state index in [1.54, 1.807) is 28.6 Å². The minimum Gasteiger partial charge on any atom is -0.350 e. The molecule has 9 aromatic rings. The highest BCUT2D eigenvalue weighted by Crippen LogP contribution is 2.28. The average Bonchev–Trinajstić information content (AvgIpc) is 2.13. The van der Waals surface area contributed by atoms with Gasteiger partial charge in [0, 0.05) is 157 Å². The Morgan fingerprint density at radius 1 is 0.449 bits per heavy atom. The fraction of sp³-hybridized carbons (Fsp3) is 0.381. The molecule has 3 amide bonds. The van der Waals surface area contributed by atoms with Gasteiger partial charge in [0.15, 0.2) is 0 Å². The van der Waals surface area contributed by atoms with Gasteiger partial charge in [-0.05, 0) is 117 Å². The number of aromatic nitrogens is 9. The highest BCUT2D eigenvalue weighted by Gasteiger charge is 2.25. The van der Waals surface area contributed by atoms with Crippen molar-refractivity contribution in [3.63, 3.8) is 0 Å². The molecule has 24 nitrogen and oxygen atoms in total. The number of carbonyl (C=O) groups is 3. The lowest BCUT2D eigenvalue weighted by molar-refractivity contribution is 0.0701. The molecule has 26 heteroatoms. The minimum absolute atomic E-state index is 0.180. The van der Waals surface area contributed by atoms with E-state index in [0.717, 1.165) is 126 Å². The maximum Gasteiger partial charge on any atom is 0.277 e. The van der Waals surface area contributed by atoms with Crippen LogP contribution in [-0.4, -0.2) is 136 Å². The summed E-state index contributed by atoms with van der Waals surface area (Å²) >= 11 is 0. The van der Waals surface area contributed by atoms with Crippen LogP contribution in [0.15, 0.2) is 116 Å². The largest absolute Gasteiger partial charge is 0.350 e. The highest BCUT2D eigenvalue weighted by atomic mass is 19.1. The van der Waals surface area contributed by atoms with Crippen LogP contribution < -0.4 is 47.1 Å². The lowest BCUT2D eigenvalue weighted by Crippen LogP contribution is -2.38. The number of fused-ring (bicyclic) bond motifs is 3. The fourth-order valence-electron chi connectivity index (χ4n) is 12.1. The van der Waals surface area contributed by atoms with Crippen LogP contribution in [0.5, 0.6) is 0 Å². The fourth-order valence-corrected chi connectivity index (χ4v) is 12.1. The zero-order valence-electron chi connectivity index (χ0n) is 50.1. The van der Waals surface area contributed by atoms with Crippen molar-refractivity contribution in [2.24, 2.45) is 38.9 Å². The van der Waals surface area contributed by atoms with E-state index in [2.05, 4.69) is 103 Å². The van der Waals surface area contributed by atoms with Gasteiger partial charge in [0.1, 0.15) is 11.6 Å². The van der Waals surface area contributed by atoms with E-state index in [9.17, 15) is 23.2 Å². The van der Waals surface area contributed by atoms with Crippen LogP contribution in [0.2, 0.25) is 0 Å². The van der Waals surface area contributed by atoms with Gasteiger partial charge >= 0.3 is 0 Å². The number of rotatable bonds is 18. The Bertz CT molecular complexity index is 3820. The molecule has 9 heterocycles. The SMILES string of the molecule is Cn1cc(CNCC2CCN(c3ncc(C(=O)NO)cn3)CC2)c2c(F)cccc21.Cn1cc(CNCC2CCN(c3ncc(C(=O)NO)cn3)CC2)c2cccc(F)c21.Cn1cc(CNCC2CCN(c3ncc(C(=O)NO)cn3)CC2)c2ccccc21. The summed E-state index contributed by atoms with van der Waals surface area (Å²) in [6.07, 6.45) is 20.9. The topological polar surface area (TPSA) is 286 Å². The first kappa shape index (κ1) is 63.0. The van der Waals surface area contributed by atoms with Gasteiger partial charge in [-0.2, -0.15) is 0 Å². The van der Waals surface area contributed by atoms with Crippen LogP contribution in [0.25, 0.3) is 32.7 Å². The molecule has 0 bridgehead atoms. The van der Waals surface area contributed by atoms with Crippen molar-refractivity contribution in [2.75, 3.05) is 73.6 Å². The number of amides is 3. The zero-order chi connectivity index (χ0) is 62.4. The lowest BCUT2D eigenvalue weighted by atomic mass is 9.97. The third-order valence-electron chi connectivity index (χ3n) is 17.0. The molecule has 468 valence electrons. The van der Waals surface area contributed by atoms with Crippen molar-refractivity contribution < 1.29 is 38.8 Å². The number of hydrogen-bond donors (Lipinski definition) is 9. The Balaban J connectivity index is 0.000000147. The first-order valence-corrected chi connectivity index (χ1v) is 29.9. The molecule has 3 aliphatic rings. The van der Waals surface area contributed by atoms with Crippen LogP contribution in [0.4, 0.5) is 26.6 Å². The van der Waals surface area contributed by atoms with Crippen molar-refractivity contribution in [2.45, 2.75) is 58.2 Å². The summed E-state index contributed by atoms with van der Waals surface area (Å²) in [7, 11) is 5.90. The second-order valence-electron chi connectivity index (χ2n) is 22.9. The monoisotopic (exact) mass is 1220 g/mol. The Kier molecular flexibility index (Phi) is 21.1. The van der Waals surface area contributed by atoms with Gasteiger partial charge < -0.3 is 44.4 Å². The number of anilines is 3. The summed E-state index contributed by atoms with van der Waals surface area (Å²) < 4.78 is 34.3. The molecule has 6 aromatic heterocycles. The summed E-state index contributed by atoms with van der Waals surface area (Å²) in [5, 5.41) is 39.6. The number of benzene rings is 3. The van der Waals surface area contributed by atoms with Gasteiger partial charge in [-0.3, -0.25) is 30.0 Å². The zero-order valence-corrected chi connectivity index (χ0v) is 50.1. The molecule has 9 N–H and O–H groups in total. The van der Waals surface area contributed by atoms with E-state index in [4.69, 9.17) is 15.6 Å². The van der Waals surface area contributed by atoms with E-state index in [0.29, 0.717) is 59.6 Å². The first-order valence-electron chi connectivity index (χ1n) is 29.9. The summed E-state index contributed by atoms with van der Waals surface area (Å²) in [6, 6.07) is 18.9.